The second kappa shape index (κ2) is 5.24. The van der Waals surface area contributed by atoms with Crippen molar-refractivity contribution in [3.05, 3.63) is 30.1 Å². The summed E-state index contributed by atoms with van der Waals surface area (Å²) in [5.41, 5.74) is 0. The average Bonchev–Trinajstić information content (AvgIpc) is 2.76. The fourth-order valence-corrected chi connectivity index (χ4v) is 3.18. The number of carbonyl (C=O) groups is 1. The lowest BCUT2D eigenvalue weighted by molar-refractivity contribution is -0.142. The molecule has 2 unspecified atom stereocenters. The van der Waals surface area contributed by atoms with Crippen molar-refractivity contribution in [3.63, 3.8) is 0 Å². The normalized spacial score (nSPS) is 23.4. The molecular weight excluding hydrogens is 277 g/mol. The number of rotatable bonds is 4. The zero-order chi connectivity index (χ0) is 14.0. The van der Waals surface area contributed by atoms with Crippen molar-refractivity contribution < 1.29 is 27.4 Å². The van der Waals surface area contributed by atoms with Crippen LogP contribution in [-0.4, -0.2) is 38.7 Å². The highest BCUT2D eigenvalue weighted by molar-refractivity contribution is 7.89. The highest BCUT2D eigenvalue weighted by Gasteiger charge is 2.37. The summed E-state index contributed by atoms with van der Waals surface area (Å²) in [6.07, 6.45) is 0. The topological polar surface area (TPSA) is 92.7 Å². The van der Waals surface area contributed by atoms with Crippen LogP contribution in [0.2, 0.25) is 0 Å². The van der Waals surface area contributed by atoms with Gasteiger partial charge in [0, 0.05) is 0 Å². The number of halogens is 1. The fraction of sp³-hybridized carbons (Fsp3) is 0.364. The van der Waals surface area contributed by atoms with Gasteiger partial charge < -0.3 is 9.84 Å². The van der Waals surface area contributed by atoms with E-state index in [-0.39, 0.29) is 13.2 Å². The first kappa shape index (κ1) is 13.9. The van der Waals surface area contributed by atoms with Gasteiger partial charge in [-0.2, -0.15) is 0 Å². The predicted molar refractivity (Wildman–Crippen MR) is 62.5 cm³/mol. The molecule has 1 aliphatic heterocycles. The van der Waals surface area contributed by atoms with Gasteiger partial charge in [0.15, 0.2) is 0 Å². The van der Waals surface area contributed by atoms with E-state index in [0.717, 1.165) is 12.1 Å². The van der Waals surface area contributed by atoms with Crippen molar-refractivity contribution in [1.29, 1.82) is 0 Å². The third kappa shape index (κ3) is 2.91. The predicted octanol–water partition coefficient (Wildman–Crippen LogP) is 0.204. The van der Waals surface area contributed by atoms with Crippen LogP contribution in [0.1, 0.15) is 0 Å². The molecule has 2 N–H and O–H groups in total. The average molecular weight is 289 g/mol. The maximum absolute atomic E-state index is 13.4. The number of ether oxygens (including phenoxy) is 1. The van der Waals surface area contributed by atoms with Gasteiger partial charge in [0.2, 0.25) is 10.0 Å². The van der Waals surface area contributed by atoms with E-state index in [0.29, 0.717) is 0 Å². The fourth-order valence-electron chi connectivity index (χ4n) is 1.84. The van der Waals surface area contributed by atoms with Crippen molar-refractivity contribution in [2.45, 2.75) is 10.9 Å². The van der Waals surface area contributed by atoms with Crippen LogP contribution in [0.15, 0.2) is 29.2 Å². The smallest absolute Gasteiger partial charge is 0.310 e. The SMILES string of the molecule is O=C(O)C1COCC1NS(=O)(=O)c1ccccc1F. The number of carboxylic acid groups (broad SMARTS) is 1. The number of aliphatic carboxylic acids is 1. The maximum Gasteiger partial charge on any atom is 0.310 e. The van der Waals surface area contributed by atoms with Crippen LogP contribution in [0.5, 0.6) is 0 Å². The first-order valence-electron chi connectivity index (χ1n) is 5.49. The minimum Gasteiger partial charge on any atom is -0.481 e. The molecule has 0 saturated carbocycles. The molecule has 1 aliphatic rings. The minimum atomic E-state index is -4.11. The van der Waals surface area contributed by atoms with E-state index in [1.807, 2.05) is 0 Å². The van der Waals surface area contributed by atoms with Crippen LogP contribution in [0.25, 0.3) is 0 Å². The first-order valence-corrected chi connectivity index (χ1v) is 6.97. The second-order valence-electron chi connectivity index (χ2n) is 4.14. The van der Waals surface area contributed by atoms with Crippen LogP contribution in [-0.2, 0) is 19.6 Å². The van der Waals surface area contributed by atoms with Gasteiger partial charge >= 0.3 is 5.97 Å². The Hall–Kier alpha value is -1.51. The van der Waals surface area contributed by atoms with Crippen molar-refractivity contribution in [3.8, 4) is 0 Å². The van der Waals surface area contributed by atoms with E-state index < -0.39 is 38.7 Å². The van der Waals surface area contributed by atoms with Crippen LogP contribution in [0, 0.1) is 11.7 Å². The number of nitrogens with one attached hydrogen (secondary N) is 1. The molecule has 0 amide bonds. The third-order valence-electron chi connectivity index (χ3n) is 2.83. The summed E-state index contributed by atoms with van der Waals surface area (Å²) in [7, 11) is -4.11. The van der Waals surface area contributed by atoms with E-state index >= 15 is 0 Å². The largest absolute Gasteiger partial charge is 0.481 e. The van der Waals surface area contributed by atoms with Gasteiger partial charge in [-0.25, -0.2) is 17.5 Å². The Morgan fingerprint density at radius 3 is 2.68 bits per heavy atom. The summed E-state index contributed by atoms with van der Waals surface area (Å²) in [5, 5.41) is 8.92. The van der Waals surface area contributed by atoms with Crippen molar-refractivity contribution in [2.24, 2.45) is 5.92 Å². The molecule has 1 fully saturated rings. The zero-order valence-corrected chi connectivity index (χ0v) is 10.6. The molecule has 8 heteroatoms. The number of hydrogen-bond donors (Lipinski definition) is 2. The molecule has 2 rings (SSSR count). The number of carboxylic acids is 1. The summed E-state index contributed by atoms with van der Waals surface area (Å²) < 4.78 is 44.5. The van der Waals surface area contributed by atoms with Gasteiger partial charge in [0.1, 0.15) is 10.7 Å². The summed E-state index contributed by atoms with van der Waals surface area (Å²) in [6, 6.07) is 3.99. The molecule has 1 saturated heterocycles. The molecule has 1 aromatic carbocycles. The standard InChI is InChI=1S/C11H12FNO5S/c12-8-3-1-2-4-10(8)19(16,17)13-9-6-18-5-7(9)11(14)15/h1-4,7,9,13H,5-6H2,(H,14,15). The molecule has 1 heterocycles. The Bertz CT molecular complexity index is 589. The van der Waals surface area contributed by atoms with Crippen LogP contribution in [0.4, 0.5) is 4.39 Å². The molecule has 1 aromatic rings. The lowest BCUT2D eigenvalue weighted by Gasteiger charge is -2.16. The lowest BCUT2D eigenvalue weighted by atomic mass is 10.1. The van der Waals surface area contributed by atoms with Gasteiger partial charge in [0.25, 0.3) is 0 Å². The molecule has 0 aliphatic carbocycles. The monoisotopic (exact) mass is 289 g/mol. The summed E-state index contributed by atoms with van der Waals surface area (Å²) in [5.74, 6) is -3.01. The molecule has 0 radical (unpaired) electrons. The first-order chi connectivity index (χ1) is 8.92. The quantitative estimate of drug-likeness (QED) is 0.826. The highest BCUT2D eigenvalue weighted by atomic mass is 32.2. The molecule has 0 bridgehead atoms. The molecule has 104 valence electrons. The van der Waals surface area contributed by atoms with Crippen LogP contribution >= 0.6 is 0 Å². The van der Waals surface area contributed by atoms with E-state index in [1.165, 1.54) is 12.1 Å². The van der Waals surface area contributed by atoms with E-state index in [9.17, 15) is 17.6 Å². The van der Waals surface area contributed by atoms with Crippen LogP contribution in [0.3, 0.4) is 0 Å². The van der Waals surface area contributed by atoms with Gasteiger partial charge in [-0.05, 0) is 12.1 Å². The Kier molecular flexibility index (Phi) is 3.83. The van der Waals surface area contributed by atoms with Gasteiger partial charge in [-0.3, -0.25) is 4.79 Å². The van der Waals surface area contributed by atoms with Gasteiger partial charge in [0.05, 0.1) is 25.2 Å². The Morgan fingerprint density at radius 1 is 1.37 bits per heavy atom. The lowest BCUT2D eigenvalue weighted by Crippen LogP contribution is -2.42. The van der Waals surface area contributed by atoms with Crippen molar-refractivity contribution in [1.82, 2.24) is 4.72 Å². The van der Waals surface area contributed by atoms with Crippen molar-refractivity contribution in [2.75, 3.05) is 13.2 Å². The summed E-state index contributed by atoms with van der Waals surface area (Å²) in [6.45, 7) is -0.121. The van der Waals surface area contributed by atoms with Gasteiger partial charge in [-0.15, -0.1) is 0 Å². The second-order valence-corrected chi connectivity index (χ2v) is 5.82. The van der Waals surface area contributed by atoms with Crippen molar-refractivity contribution >= 4 is 16.0 Å². The zero-order valence-electron chi connectivity index (χ0n) is 9.74. The van der Waals surface area contributed by atoms with E-state index in [4.69, 9.17) is 9.84 Å². The number of hydrogen-bond acceptors (Lipinski definition) is 4. The number of sulfonamides is 1. The molecule has 0 aromatic heterocycles. The van der Waals surface area contributed by atoms with Gasteiger partial charge in [-0.1, -0.05) is 12.1 Å². The maximum atomic E-state index is 13.4. The summed E-state index contributed by atoms with van der Waals surface area (Å²) >= 11 is 0. The molecule has 19 heavy (non-hydrogen) atoms. The molecule has 2 atom stereocenters. The molecule has 0 spiro atoms. The third-order valence-corrected chi connectivity index (χ3v) is 4.35. The number of benzene rings is 1. The minimum absolute atomic E-state index is 0.0509. The molecule has 6 nitrogen and oxygen atoms in total. The Balaban J connectivity index is 2.23. The van der Waals surface area contributed by atoms with E-state index in [2.05, 4.69) is 4.72 Å². The Labute approximate surface area is 109 Å². The summed E-state index contributed by atoms with van der Waals surface area (Å²) in [4.78, 5) is 10.4. The van der Waals surface area contributed by atoms with Crippen LogP contribution < -0.4 is 4.72 Å². The Morgan fingerprint density at radius 2 is 2.05 bits per heavy atom. The molecular formula is C11H12FNO5S. The highest BCUT2D eigenvalue weighted by Crippen LogP contribution is 2.19. The van der Waals surface area contributed by atoms with E-state index in [1.54, 1.807) is 0 Å².